The number of amides is 1. The molecule has 0 radical (unpaired) electrons. The summed E-state index contributed by atoms with van der Waals surface area (Å²) in [5.41, 5.74) is 1.41. The van der Waals surface area contributed by atoms with E-state index in [1.54, 1.807) is 20.8 Å². The molecule has 1 aromatic carbocycles. The van der Waals surface area contributed by atoms with Gasteiger partial charge in [-0.2, -0.15) is 0 Å². The lowest BCUT2D eigenvalue weighted by Gasteiger charge is -2.23. The first-order valence-electron chi connectivity index (χ1n) is 6.27. The number of rotatable bonds is 4. The topological polar surface area (TPSA) is 58.6 Å². The Labute approximate surface area is 121 Å². The second kappa shape index (κ2) is 6.62. The Kier molecular flexibility index (Phi) is 5.37. The maximum Gasteiger partial charge on any atom is 0.422 e. The lowest BCUT2D eigenvalue weighted by Crippen LogP contribution is -2.44. The maximum absolute atomic E-state index is 13.4. The van der Waals surface area contributed by atoms with Gasteiger partial charge in [-0.05, 0) is 32.9 Å². The monoisotopic (exact) mass is 300 g/mol. The SMILES string of the molecule is CN(CC(=O)c1ccc(F)cc1F)NC(=O)OC(C)(C)C. The Morgan fingerprint density at radius 3 is 2.43 bits per heavy atom. The van der Waals surface area contributed by atoms with E-state index in [4.69, 9.17) is 4.74 Å². The second-order valence-corrected chi connectivity index (χ2v) is 5.52. The van der Waals surface area contributed by atoms with Gasteiger partial charge in [0.2, 0.25) is 0 Å². The van der Waals surface area contributed by atoms with Crippen molar-refractivity contribution in [3.63, 3.8) is 0 Å². The third kappa shape index (κ3) is 5.86. The fourth-order valence-electron chi connectivity index (χ4n) is 1.51. The van der Waals surface area contributed by atoms with Gasteiger partial charge in [0.1, 0.15) is 17.2 Å². The minimum atomic E-state index is -0.939. The van der Waals surface area contributed by atoms with E-state index in [2.05, 4.69) is 5.43 Å². The Bertz CT molecular complexity index is 542. The van der Waals surface area contributed by atoms with E-state index in [-0.39, 0.29) is 12.1 Å². The number of carbonyl (C=O) groups excluding carboxylic acids is 2. The third-order valence-corrected chi connectivity index (χ3v) is 2.29. The summed E-state index contributed by atoms with van der Waals surface area (Å²) in [5.74, 6) is -2.29. The summed E-state index contributed by atoms with van der Waals surface area (Å²) < 4.78 is 31.2. The van der Waals surface area contributed by atoms with Gasteiger partial charge in [0, 0.05) is 13.1 Å². The number of nitrogens with one attached hydrogen (secondary N) is 1. The highest BCUT2D eigenvalue weighted by Crippen LogP contribution is 2.11. The molecule has 21 heavy (non-hydrogen) atoms. The van der Waals surface area contributed by atoms with Crippen molar-refractivity contribution in [2.24, 2.45) is 0 Å². The van der Waals surface area contributed by atoms with Gasteiger partial charge < -0.3 is 4.74 Å². The molecule has 0 aromatic heterocycles. The lowest BCUT2D eigenvalue weighted by atomic mass is 10.1. The van der Waals surface area contributed by atoms with Gasteiger partial charge in [0.05, 0.1) is 12.1 Å². The minimum Gasteiger partial charge on any atom is -0.443 e. The molecule has 0 saturated heterocycles. The number of halogens is 2. The van der Waals surface area contributed by atoms with Gasteiger partial charge in [-0.1, -0.05) is 0 Å². The van der Waals surface area contributed by atoms with Crippen LogP contribution in [0.25, 0.3) is 0 Å². The predicted molar refractivity (Wildman–Crippen MR) is 72.7 cm³/mol. The standard InChI is InChI=1S/C14H18F2N2O3/c1-14(2,3)21-13(20)17-18(4)8-12(19)10-6-5-9(15)7-11(10)16/h5-7H,8H2,1-4H3,(H,17,20). The average molecular weight is 300 g/mol. The first-order chi connectivity index (χ1) is 9.58. The molecule has 0 fully saturated rings. The summed E-state index contributed by atoms with van der Waals surface area (Å²) in [4.78, 5) is 23.3. The molecular formula is C14H18F2N2O3. The van der Waals surface area contributed by atoms with E-state index in [0.29, 0.717) is 6.07 Å². The molecule has 0 aliphatic carbocycles. The van der Waals surface area contributed by atoms with Crippen LogP contribution in [0.5, 0.6) is 0 Å². The number of nitrogens with zero attached hydrogens (tertiary/aromatic N) is 1. The average Bonchev–Trinajstić information content (AvgIpc) is 2.24. The van der Waals surface area contributed by atoms with Gasteiger partial charge >= 0.3 is 6.09 Å². The molecule has 0 atom stereocenters. The number of hydrazine groups is 1. The van der Waals surface area contributed by atoms with Crippen molar-refractivity contribution in [1.29, 1.82) is 0 Å². The fraction of sp³-hybridized carbons (Fsp3) is 0.429. The highest BCUT2D eigenvalue weighted by molar-refractivity contribution is 5.97. The molecule has 0 aliphatic rings. The summed E-state index contributed by atoms with van der Waals surface area (Å²) >= 11 is 0. The molecule has 0 unspecified atom stereocenters. The Morgan fingerprint density at radius 2 is 1.90 bits per heavy atom. The molecule has 0 saturated carbocycles. The summed E-state index contributed by atoms with van der Waals surface area (Å²) in [6, 6.07) is 2.69. The zero-order valence-electron chi connectivity index (χ0n) is 12.4. The van der Waals surface area contributed by atoms with E-state index in [9.17, 15) is 18.4 Å². The molecule has 1 amide bonds. The van der Waals surface area contributed by atoms with Gasteiger partial charge in [-0.25, -0.2) is 18.6 Å². The molecule has 1 rings (SSSR count). The van der Waals surface area contributed by atoms with Crippen LogP contribution >= 0.6 is 0 Å². The van der Waals surface area contributed by atoms with Crippen LogP contribution in [-0.2, 0) is 4.74 Å². The molecule has 0 heterocycles. The number of carbonyl (C=O) groups is 2. The number of ether oxygens (including phenoxy) is 1. The normalized spacial score (nSPS) is 11.4. The van der Waals surface area contributed by atoms with Crippen molar-refractivity contribution >= 4 is 11.9 Å². The van der Waals surface area contributed by atoms with Crippen molar-refractivity contribution < 1.29 is 23.1 Å². The number of benzene rings is 1. The Morgan fingerprint density at radius 1 is 1.29 bits per heavy atom. The molecule has 1 aromatic rings. The molecular weight excluding hydrogens is 282 g/mol. The van der Waals surface area contributed by atoms with Crippen LogP contribution < -0.4 is 5.43 Å². The number of hydrogen-bond acceptors (Lipinski definition) is 4. The van der Waals surface area contributed by atoms with E-state index < -0.39 is 29.1 Å². The van der Waals surface area contributed by atoms with Crippen LogP contribution in [0.15, 0.2) is 18.2 Å². The highest BCUT2D eigenvalue weighted by Gasteiger charge is 2.19. The zero-order valence-corrected chi connectivity index (χ0v) is 12.4. The number of hydrogen-bond donors (Lipinski definition) is 1. The van der Waals surface area contributed by atoms with Gasteiger partial charge in [0.15, 0.2) is 5.78 Å². The Hall–Kier alpha value is -2.02. The first-order valence-corrected chi connectivity index (χ1v) is 6.27. The molecule has 0 bridgehead atoms. The zero-order chi connectivity index (χ0) is 16.2. The number of ketones is 1. The summed E-state index contributed by atoms with van der Waals surface area (Å²) in [7, 11) is 1.43. The van der Waals surface area contributed by atoms with Crippen molar-refractivity contribution in [2.45, 2.75) is 26.4 Å². The van der Waals surface area contributed by atoms with Crippen molar-refractivity contribution in [3.05, 3.63) is 35.4 Å². The quantitative estimate of drug-likeness (QED) is 0.685. The van der Waals surface area contributed by atoms with E-state index in [0.717, 1.165) is 12.1 Å². The highest BCUT2D eigenvalue weighted by atomic mass is 19.1. The summed E-state index contributed by atoms with van der Waals surface area (Å²) in [5, 5.41) is 1.17. The van der Waals surface area contributed by atoms with Gasteiger partial charge in [-0.15, -0.1) is 0 Å². The molecule has 116 valence electrons. The smallest absolute Gasteiger partial charge is 0.422 e. The van der Waals surface area contributed by atoms with Gasteiger partial charge in [0.25, 0.3) is 0 Å². The van der Waals surface area contributed by atoms with E-state index in [1.807, 2.05) is 0 Å². The van der Waals surface area contributed by atoms with E-state index in [1.165, 1.54) is 12.1 Å². The number of Topliss-reactive ketones (excluding diaryl/α,β-unsaturated/α-hetero) is 1. The maximum atomic E-state index is 13.4. The molecule has 0 aliphatic heterocycles. The van der Waals surface area contributed by atoms with Crippen LogP contribution in [0, 0.1) is 11.6 Å². The van der Waals surface area contributed by atoms with Crippen LogP contribution in [0.4, 0.5) is 13.6 Å². The molecule has 5 nitrogen and oxygen atoms in total. The Balaban J connectivity index is 2.60. The van der Waals surface area contributed by atoms with E-state index >= 15 is 0 Å². The third-order valence-electron chi connectivity index (χ3n) is 2.29. The number of likely N-dealkylation sites (N-methyl/N-ethyl adjacent to an activating group) is 1. The van der Waals surface area contributed by atoms with Crippen molar-refractivity contribution in [1.82, 2.24) is 10.4 Å². The largest absolute Gasteiger partial charge is 0.443 e. The first kappa shape index (κ1) is 17.0. The minimum absolute atomic E-state index is 0.241. The van der Waals surface area contributed by atoms with Crippen LogP contribution in [-0.4, -0.2) is 36.1 Å². The van der Waals surface area contributed by atoms with Crippen LogP contribution in [0.3, 0.4) is 0 Å². The van der Waals surface area contributed by atoms with Crippen LogP contribution in [0.1, 0.15) is 31.1 Å². The second-order valence-electron chi connectivity index (χ2n) is 5.52. The van der Waals surface area contributed by atoms with Crippen molar-refractivity contribution in [2.75, 3.05) is 13.6 Å². The summed E-state index contributed by atoms with van der Waals surface area (Å²) in [6.45, 7) is 4.82. The molecule has 1 N–H and O–H groups in total. The van der Waals surface area contributed by atoms with Crippen molar-refractivity contribution in [3.8, 4) is 0 Å². The predicted octanol–water partition coefficient (Wildman–Crippen LogP) is 2.52. The van der Waals surface area contributed by atoms with Crippen LogP contribution in [0.2, 0.25) is 0 Å². The molecule has 7 heteroatoms. The lowest BCUT2D eigenvalue weighted by molar-refractivity contribution is 0.0370. The summed E-state index contributed by atoms with van der Waals surface area (Å²) in [6.07, 6.45) is -0.725. The fourth-order valence-corrected chi connectivity index (χ4v) is 1.51. The molecule has 0 spiro atoms. The van der Waals surface area contributed by atoms with Gasteiger partial charge in [-0.3, -0.25) is 10.2 Å².